The smallest absolute Gasteiger partial charge is 0.212 e. The zero-order chi connectivity index (χ0) is 14.9. The number of hydrogen-bond acceptors (Lipinski definition) is 5. The van der Waals surface area contributed by atoms with Crippen LogP contribution in [0.25, 0.3) is 11.5 Å². The van der Waals surface area contributed by atoms with Crippen molar-refractivity contribution in [2.24, 2.45) is 5.10 Å². The molecular formula is C15H10BrN5S. The van der Waals surface area contributed by atoms with E-state index in [4.69, 9.17) is 5.10 Å². The molecule has 0 bridgehead atoms. The first-order chi connectivity index (χ1) is 10.8. The highest BCUT2D eigenvalue weighted by molar-refractivity contribution is 9.10. The molecule has 22 heavy (non-hydrogen) atoms. The van der Waals surface area contributed by atoms with Gasteiger partial charge in [-0.25, -0.2) is 0 Å². The first kappa shape index (κ1) is 13.7. The van der Waals surface area contributed by atoms with E-state index >= 15 is 0 Å². The average Bonchev–Trinajstić information content (AvgIpc) is 2.99. The van der Waals surface area contributed by atoms with Gasteiger partial charge in [-0.1, -0.05) is 45.9 Å². The lowest BCUT2D eigenvalue weighted by molar-refractivity contribution is 0.761. The van der Waals surface area contributed by atoms with Crippen molar-refractivity contribution in [2.75, 3.05) is 5.75 Å². The molecule has 0 aliphatic carbocycles. The van der Waals surface area contributed by atoms with Crippen molar-refractivity contribution >= 4 is 33.4 Å². The van der Waals surface area contributed by atoms with Gasteiger partial charge in [0.1, 0.15) is 5.69 Å². The van der Waals surface area contributed by atoms with Crippen molar-refractivity contribution in [3.05, 3.63) is 58.7 Å². The second-order valence-electron chi connectivity index (χ2n) is 4.68. The summed E-state index contributed by atoms with van der Waals surface area (Å²) in [5.41, 5.74) is 2.87. The van der Waals surface area contributed by atoms with Crippen molar-refractivity contribution in [2.45, 2.75) is 5.16 Å². The fraction of sp³-hybridized carbons (Fsp3) is 0.0667. The highest BCUT2D eigenvalue weighted by Gasteiger charge is 2.21. The van der Waals surface area contributed by atoms with Crippen LogP contribution in [0.15, 0.2) is 63.4 Å². The standard InChI is InChI=1S/C15H10BrN5S/c16-11-6-4-10(5-7-11)13-9-22-15-19-18-14(21(15)20-13)12-3-1-2-8-17-12/h1-8H,9H2. The summed E-state index contributed by atoms with van der Waals surface area (Å²) < 4.78 is 2.83. The molecule has 0 amide bonds. The molecule has 0 N–H and O–H groups in total. The van der Waals surface area contributed by atoms with Gasteiger partial charge in [-0.2, -0.15) is 9.78 Å². The Morgan fingerprint density at radius 3 is 2.68 bits per heavy atom. The number of halogens is 1. The zero-order valence-corrected chi connectivity index (χ0v) is 13.8. The van der Waals surface area contributed by atoms with Crippen molar-refractivity contribution < 1.29 is 0 Å². The van der Waals surface area contributed by atoms with Gasteiger partial charge >= 0.3 is 0 Å². The topological polar surface area (TPSA) is 56.0 Å². The molecule has 3 heterocycles. The van der Waals surface area contributed by atoms with Crippen LogP contribution in [-0.4, -0.2) is 31.3 Å². The van der Waals surface area contributed by atoms with E-state index in [0.29, 0.717) is 5.82 Å². The number of benzene rings is 1. The Hall–Kier alpha value is -1.99. The summed E-state index contributed by atoms with van der Waals surface area (Å²) in [6.07, 6.45) is 1.74. The lowest BCUT2D eigenvalue weighted by Crippen LogP contribution is -2.13. The van der Waals surface area contributed by atoms with Gasteiger partial charge in [-0.15, -0.1) is 10.2 Å². The molecule has 2 aromatic heterocycles. The molecule has 5 nitrogen and oxygen atoms in total. The van der Waals surface area contributed by atoms with Crippen LogP contribution in [-0.2, 0) is 0 Å². The SMILES string of the molecule is Brc1ccc(C2=Nn3c(nnc3-c3ccccn3)SC2)cc1. The predicted molar refractivity (Wildman–Crippen MR) is 90.1 cm³/mol. The largest absolute Gasteiger partial charge is 0.253 e. The lowest BCUT2D eigenvalue weighted by atomic mass is 10.1. The van der Waals surface area contributed by atoms with Crippen LogP contribution < -0.4 is 0 Å². The molecule has 1 aromatic carbocycles. The van der Waals surface area contributed by atoms with E-state index in [0.717, 1.165) is 32.4 Å². The fourth-order valence-electron chi connectivity index (χ4n) is 2.17. The molecule has 0 saturated heterocycles. The Morgan fingerprint density at radius 1 is 1.05 bits per heavy atom. The van der Waals surface area contributed by atoms with E-state index in [1.54, 1.807) is 22.6 Å². The van der Waals surface area contributed by atoms with Gasteiger partial charge in [0.25, 0.3) is 0 Å². The molecule has 1 aliphatic heterocycles. The molecule has 108 valence electrons. The maximum atomic E-state index is 4.71. The van der Waals surface area contributed by atoms with Crippen molar-refractivity contribution in [3.8, 4) is 11.5 Å². The van der Waals surface area contributed by atoms with E-state index in [-0.39, 0.29) is 0 Å². The number of rotatable bonds is 2. The van der Waals surface area contributed by atoms with E-state index < -0.39 is 0 Å². The normalized spacial score (nSPS) is 13.6. The summed E-state index contributed by atoms with van der Waals surface area (Å²) in [4.78, 5) is 4.33. The molecule has 4 rings (SSSR count). The Kier molecular flexibility index (Phi) is 3.51. The zero-order valence-electron chi connectivity index (χ0n) is 11.3. The number of aromatic nitrogens is 4. The average molecular weight is 372 g/mol. The van der Waals surface area contributed by atoms with Gasteiger partial charge in [0.2, 0.25) is 11.0 Å². The van der Waals surface area contributed by atoms with Crippen molar-refractivity contribution in [1.82, 2.24) is 19.9 Å². The predicted octanol–water partition coefficient (Wildman–Crippen LogP) is 3.46. The third-order valence-corrected chi connectivity index (χ3v) is 4.70. The van der Waals surface area contributed by atoms with Crippen LogP contribution in [0, 0.1) is 0 Å². The molecule has 1 aliphatic rings. The second kappa shape index (κ2) is 5.66. The van der Waals surface area contributed by atoms with Gasteiger partial charge in [-0.3, -0.25) is 4.98 Å². The minimum Gasteiger partial charge on any atom is -0.253 e. The maximum Gasteiger partial charge on any atom is 0.212 e. The molecule has 0 fully saturated rings. The van der Waals surface area contributed by atoms with E-state index in [1.807, 2.05) is 30.3 Å². The van der Waals surface area contributed by atoms with Crippen LogP contribution in [0.2, 0.25) is 0 Å². The third-order valence-electron chi connectivity index (χ3n) is 3.24. The second-order valence-corrected chi connectivity index (χ2v) is 6.53. The first-order valence-corrected chi connectivity index (χ1v) is 8.42. The maximum absolute atomic E-state index is 4.71. The molecule has 0 spiro atoms. The quantitative estimate of drug-likeness (QED) is 0.691. The summed E-state index contributed by atoms with van der Waals surface area (Å²) in [7, 11) is 0. The highest BCUT2D eigenvalue weighted by atomic mass is 79.9. The van der Waals surface area contributed by atoms with E-state index in [1.165, 1.54) is 0 Å². The van der Waals surface area contributed by atoms with Crippen LogP contribution in [0.5, 0.6) is 0 Å². The summed E-state index contributed by atoms with van der Waals surface area (Å²) in [5.74, 6) is 1.44. The van der Waals surface area contributed by atoms with E-state index in [9.17, 15) is 0 Å². The van der Waals surface area contributed by atoms with Gasteiger partial charge < -0.3 is 0 Å². The molecule has 3 aromatic rings. The van der Waals surface area contributed by atoms with Crippen molar-refractivity contribution in [3.63, 3.8) is 0 Å². The third kappa shape index (κ3) is 2.46. The van der Waals surface area contributed by atoms with E-state index in [2.05, 4.69) is 43.2 Å². The van der Waals surface area contributed by atoms with Gasteiger partial charge in [0.05, 0.1) is 5.71 Å². The van der Waals surface area contributed by atoms with Crippen molar-refractivity contribution in [1.29, 1.82) is 0 Å². The molecule has 7 heteroatoms. The summed E-state index contributed by atoms with van der Waals surface area (Å²) in [6.45, 7) is 0. The monoisotopic (exact) mass is 371 g/mol. The number of nitrogens with zero attached hydrogens (tertiary/aromatic N) is 5. The molecule has 0 unspecified atom stereocenters. The Balaban J connectivity index is 1.79. The molecule has 0 radical (unpaired) electrons. The number of hydrogen-bond donors (Lipinski definition) is 0. The first-order valence-electron chi connectivity index (χ1n) is 6.65. The molecule has 0 saturated carbocycles. The van der Waals surface area contributed by atoms with Gasteiger partial charge in [0, 0.05) is 16.4 Å². The molecule has 0 atom stereocenters. The van der Waals surface area contributed by atoms with Crippen LogP contribution in [0.4, 0.5) is 0 Å². The molecular weight excluding hydrogens is 362 g/mol. The minimum atomic E-state index is 0.664. The number of fused-ring (bicyclic) bond motifs is 1. The summed E-state index contributed by atoms with van der Waals surface area (Å²) in [6, 6.07) is 13.9. The Morgan fingerprint density at radius 2 is 1.91 bits per heavy atom. The van der Waals surface area contributed by atoms with Gasteiger partial charge in [-0.05, 0) is 29.8 Å². The van der Waals surface area contributed by atoms with Gasteiger partial charge in [0.15, 0.2) is 0 Å². The van der Waals surface area contributed by atoms with Crippen LogP contribution in [0.1, 0.15) is 5.56 Å². The summed E-state index contributed by atoms with van der Waals surface area (Å²) >= 11 is 5.08. The van der Waals surface area contributed by atoms with Crippen LogP contribution in [0.3, 0.4) is 0 Å². The highest BCUT2D eigenvalue weighted by Crippen LogP contribution is 2.27. The Bertz CT molecular complexity index is 842. The number of pyridine rings is 1. The lowest BCUT2D eigenvalue weighted by Gasteiger charge is -2.13. The summed E-state index contributed by atoms with van der Waals surface area (Å²) in [5, 5.41) is 13.9. The Labute approximate surface area is 139 Å². The minimum absolute atomic E-state index is 0.664. The van der Waals surface area contributed by atoms with Crippen LogP contribution >= 0.6 is 27.7 Å². The fourth-order valence-corrected chi connectivity index (χ4v) is 3.27. The number of thioether (sulfide) groups is 1.